The molecular weight excluding hydrogens is 421 g/mol. The zero-order chi connectivity index (χ0) is 16.8. The summed E-state index contributed by atoms with van der Waals surface area (Å²) in [7, 11) is 1.67. The highest BCUT2D eigenvalue weighted by Crippen LogP contribution is 2.39. The van der Waals surface area contributed by atoms with Gasteiger partial charge in [-0.3, -0.25) is 4.99 Å². The molecule has 0 aromatic heterocycles. The first kappa shape index (κ1) is 23.9. The monoisotopic (exact) mass is 457 g/mol. The van der Waals surface area contributed by atoms with Gasteiger partial charge in [-0.25, -0.2) is 0 Å². The quantitative estimate of drug-likeness (QED) is 0.192. The van der Waals surface area contributed by atoms with Crippen LogP contribution in [0.5, 0.6) is 0 Å². The lowest BCUT2D eigenvalue weighted by Gasteiger charge is -2.35. The average molecular weight is 457 g/mol. The highest BCUT2D eigenvalue weighted by molar-refractivity contribution is 14.0. The molecule has 7 heteroatoms. The number of aliphatic imine (C=N–C) groups is 1. The molecule has 1 rings (SSSR count). The van der Waals surface area contributed by atoms with Crippen LogP contribution in [0.4, 0.5) is 0 Å². The fourth-order valence-corrected chi connectivity index (χ4v) is 3.10. The third kappa shape index (κ3) is 10.0. The fraction of sp³-hybridized carbons (Fsp3) is 0.941. The first-order valence-corrected chi connectivity index (χ1v) is 8.96. The fourth-order valence-electron chi connectivity index (χ4n) is 3.10. The molecule has 0 atom stereocenters. The second-order valence-electron chi connectivity index (χ2n) is 6.26. The maximum atomic E-state index is 9.39. The molecule has 0 heterocycles. The van der Waals surface area contributed by atoms with Crippen molar-refractivity contribution in [1.82, 2.24) is 10.6 Å². The number of methoxy groups -OCH3 is 1. The summed E-state index contributed by atoms with van der Waals surface area (Å²) in [6, 6.07) is 0. The maximum absolute atomic E-state index is 9.39. The van der Waals surface area contributed by atoms with Gasteiger partial charge < -0.3 is 25.2 Å². The summed E-state index contributed by atoms with van der Waals surface area (Å²) < 4.78 is 10.4. The van der Waals surface area contributed by atoms with Gasteiger partial charge in [0.2, 0.25) is 0 Å². The molecule has 6 nitrogen and oxygen atoms in total. The molecule has 1 saturated carbocycles. The number of hydrogen-bond acceptors (Lipinski definition) is 4. The number of nitrogens with zero attached hydrogens (tertiary/aromatic N) is 1. The number of halogens is 1. The van der Waals surface area contributed by atoms with E-state index < -0.39 is 0 Å². The number of aliphatic hydroxyl groups is 1. The van der Waals surface area contributed by atoms with Crippen LogP contribution < -0.4 is 10.6 Å². The SMILES string of the molecule is CCNC(=NCC1(CCO)CCCCC1)NCCOCCOC.I. The van der Waals surface area contributed by atoms with E-state index in [1.807, 2.05) is 0 Å². The van der Waals surface area contributed by atoms with Gasteiger partial charge in [0, 0.05) is 33.4 Å². The van der Waals surface area contributed by atoms with Crippen LogP contribution in [-0.2, 0) is 9.47 Å². The van der Waals surface area contributed by atoms with Crippen molar-refractivity contribution in [3.63, 3.8) is 0 Å². The Morgan fingerprint density at radius 3 is 2.50 bits per heavy atom. The van der Waals surface area contributed by atoms with E-state index in [0.29, 0.717) is 19.8 Å². The number of nitrogens with one attached hydrogen (secondary N) is 2. The minimum atomic E-state index is 0. The minimum Gasteiger partial charge on any atom is -0.396 e. The largest absolute Gasteiger partial charge is 0.396 e. The van der Waals surface area contributed by atoms with E-state index in [9.17, 15) is 5.11 Å². The van der Waals surface area contributed by atoms with E-state index in [1.165, 1.54) is 32.1 Å². The molecule has 0 aromatic rings. The number of ether oxygens (including phenoxy) is 2. The van der Waals surface area contributed by atoms with Gasteiger partial charge in [-0.15, -0.1) is 24.0 Å². The molecule has 0 radical (unpaired) electrons. The van der Waals surface area contributed by atoms with E-state index in [1.54, 1.807) is 7.11 Å². The van der Waals surface area contributed by atoms with Crippen LogP contribution in [0.25, 0.3) is 0 Å². The molecule has 1 fully saturated rings. The van der Waals surface area contributed by atoms with Gasteiger partial charge in [-0.05, 0) is 31.6 Å². The first-order chi connectivity index (χ1) is 11.3. The van der Waals surface area contributed by atoms with Gasteiger partial charge in [-0.1, -0.05) is 19.3 Å². The molecule has 3 N–H and O–H groups in total. The van der Waals surface area contributed by atoms with Crippen molar-refractivity contribution in [3.05, 3.63) is 0 Å². The van der Waals surface area contributed by atoms with Crippen molar-refractivity contribution in [1.29, 1.82) is 0 Å². The molecular formula is C17H36IN3O3. The van der Waals surface area contributed by atoms with Gasteiger partial charge in [0.15, 0.2) is 5.96 Å². The molecule has 24 heavy (non-hydrogen) atoms. The van der Waals surface area contributed by atoms with Gasteiger partial charge in [0.25, 0.3) is 0 Å². The van der Waals surface area contributed by atoms with E-state index >= 15 is 0 Å². The molecule has 0 unspecified atom stereocenters. The topological polar surface area (TPSA) is 75.1 Å². The Kier molecular flexibility index (Phi) is 15.1. The second-order valence-corrected chi connectivity index (χ2v) is 6.26. The standard InChI is InChI=1S/C17H35N3O3.HI/c1-3-18-16(19-10-12-23-14-13-22-2)20-15-17(9-11-21)7-5-4-6-8-17;/h21H,3-15H2,1-2H3,(H2,18,19,20);1H. The van der Waals surface area contributed by atoms with Crippen LogP contribution in [-0.4, -0.2) is 64.2 Å². The number of aliphatic hydroxyl groups excluding tert-OH is 1. The van der Waals surface area contributed by atoms with Crippen molar-refractivity contribution in [2.45, 2.75) is 45.4 Å². The molecule has 0 saturated heterocycles. The summed E-state index contributed by atoms with van der Waals surface area (Å²) in [5.41, 5.74) is 0.185. The van der Waals surface area contributed by atoms with E-state index in [-0.39, 0.29) is 36.0 Å². The van der Waals surface area contributed by atoms with Crippen LogP contribution in [0.2, 0.25) is 0 Å². The van der Waals surface area contributed by atoms with Crippen LogP contribution in [0, 0.1) is 5.41 Å². The molecule has 144 valence electrons. The van der Waals surface area contributed by atoms with Crippen LogP contribution >= 0.6 is 24.0 Å². The lowest BCUT2D eigenvalue weighted by Crippen LogP contribution is -2.40. The second kappa shape index (κ2) is 15.2. The van der Waals surface area contributed by atoms with Gasteiger partial charge in [0.1, 0.15) is 0 Å². The molecule has 0 aromatic carbocycles. The molecule has 0 aliphatic heterocycles. The summed E-state index contributed by atoms with van der Waals surface area (Å²) in [4.78, 5) is 4.76. The summed E-state index contributed by atoms with van der Waals surface area (Å²) in [5, 5.41) is 16.0. The van der Waals surface area contributed by atoms with Gasteiger partial charge in [0.05, 0.1) is 19.8 Å². The Morgan fingerprint density at radius 1 is 1.12 bits per heavy atom. The first-order valence-electron chi connectivity index (χ1n) is 8.96. The Balaban J connectivity index is 0.00000529. The van der Waals surface area contributed by atoms with E-state index in [4.69, 9.17) is 14.5 Å². The number of guanidine groups is 1. The van der Waals surface area contributed by atoms with Gasteiger partial charge >= 0.3 is 0 Å². The molecule has 0 amide bonds. The smallest absolute Gasteiger partial charge is 0.191 e. The highest BCUT2D eigenvalue weighted by Gasteiger charge is 2.31. The predicted molar refractivity (Wildman–Crippen MR) is 109 cm³/mol. The Hall–Kier alpha value is -0.120. The van der Waals surface area contributed by atoms with Crippen molar-refractivity contribution in [2.24, 2.45) is 10.4 Å². The summed E-state index contributed by atoms with van der Waals surface area (Å²) >= 11 is 0. The summed E-state index contributed by atoms with van der Waals surface area (Å²) in [6.45, 7) is 6.54. The normalized spacial score (nSPS) is 17.2. The summed E-state index contributed by atoms with van der Waals surface area (Å²) in [5.74, 6) is 0.839. The zero-order valence-corrected chi connectivity index (χ0v) is 17.6. The molecule has 1 aliphatic rings. The van der Waals surface area contributed by atoms with Crippen LogP contribution in [0.3, 0.4) is 0 Å². The van der Waals surface area contributed by atoms with Crippen molar-refractivity contribution >= 4 is 29.9 Å². The van der Waals surface area contributed by atoms with Crippen molar-refractivity contribution < 1.29 is 14.6 Å². The predicted octanol–water partition coefficient (Wildman–Crippen LogP) is 2.16. The molecule has 1 aliphatic carbocycles. The van der Waals surface area contributed by atoms with Crippen LogP contribution in [0.1, 0.15) is 45.4 Å². The highest BCUT2D eigenvalue weighted by atomic mass is 127. The third-order valence-corrected chi connectivity index (χ3v) is 4.44. The average Bonchev–Trinajstić information content (AvgIpc) is 2.57. The Morgan fingerprint density at radius 2 is 1.88 bits per heavy atom. The molecule has 0 bridgehead atoms. The molecule has 0 spiro atoms. The van der Waals surface area contributed by atoms with E-state index in [2.05, 4.69) is 17.6 Å². The van der Waals surface area contributed by atoms with Crippen molar-refractivity contribution in [3.8, 4) is 0 Å². The van der Waals surface area contributed by atoms with Gasteiger partial charge in [-0.2, -0.15) is 0 Å². The Bertz CT molecular complexity index is 319. The number of hydrogen-bond donors (Lipinski definition) is 3. The zero-order valence-electron chi connectivity index (χ0n) is 15.3. The lowest BCUT2D eigenvalue weighted by atomic mass is 9.72. The minimum absolute atomic E-state index is 0. The Labute approximate surface area is 164 Å². The number of rotatable bonds is 11. The maximum Gasteiger partial charge on any atom is 0.191 e. The van der Waals surface area contributed by atoms with E-state index in [0.717, 1.165) is 32.0 Å². The summed E-state index contributed by atoms with van der Waals surface area (Å²) in [6.07, 6.45) is 7.04. The lowest BCUT2D eigenvalue weighted by molar-refractivity contribution is 0.0733. The van der Waals surface area contributed by atoms with Crippen molar-refractivity contribution in [2.75, 3.05) is 53.2 Å². The van der Waals surface area contributed by atoms with Crippen LogP contribution in [0.15, 0.2) is 4.99 Å². The third-order valence-electron chi connectivity index (χ3n) is 4.44.